The SMILES string of the molecule is CC1CCc2c(C(=O)N3CCCC(c4ccn[nH]4)C3)csc2C1. The van der Waals surface area contributed by atoms with Crippen molar-refractivity contribution in [2.24, 2.45) is 5.92 Å². The number of carbonyl (C=O) groups is 1. The van der Waals surface area contributed by atoms with Crippen molar-refractivity contribution >= 4 is 17.2 Å². The van der Waals surface area contributed by atoms with Crippen molar-refractivity contribution in [2.75, 3.05) is 13.1 Å². The monoisotopic (exact) mass is 329 g/mol. The van der Waals surface area contributed by atoms with E-state index in [0.717, 1.165) is 55.9 Å². The van der Waals surface area contributed by atoms with Crippen LogP contribution in [0.4, 0.5) is 0 Å². The first kappa shape index (κ1) is 14.9. The highest BCUT2D eigenvalue weighted by Gasteiger charge is 2.30. The van der Waals surface area contributed by atoms with E-state index in [-0.39, 0.29) is 5.91 Å². The minimum atomic E-state index is 0.237. The lowest BCUT2D eigenvalue weighted by Crippen LogP contribution is -2.39. The molecule has 5 heteroatoms. The summed E-state index contributed by atoms with van der Waals surface area (Å²) in [5.74, 6) is 1.38. The van der Waals surface area contributed by atoms with E-state index < -0.39 is 0 Å². The largest absolute Gasteiger partial charge is 0.338 e. The standard InChI is InChI=1S/C18H23N3OS/c1-12-4-5-14-15(11-23-17(14)9-12)18(22)21-8-2-3-13(10-21)16-6-7-19-20-16/h6-7,11-13H,2-5,8-10H2,1H3,(H,19,20). The summed E-state index contributed by atoms with van der Waals surface area (Å²) in [5.41, 5.74) is 3.47. The van der Waals surface area contributed by atoms with Gasteiger partial charge in [-0.25, -0.2) is 0 Å². The number of carbonyl (C=O) groups excluding carboxylic acids is 1. The van der Waals surface area contributed by atoms with Crippen LogP contribution in [0.2, 0.25) is 0 Å². The van der Waals surface area contributed by atoms with Crippen molar-refractivity contribution in [3.05, 3.63) is 39.3 Å². The molecule has 2 aromatic rings. The third kappa shape index (κ3) is 2.82. The number of aromatic nitrogens is 2. The summed E-state index contributed by atoms with van der Waals surface area (Å²) in [6.07, 6.45) is 7.42. The molecule has 0 saturated carbocycles. The third-order valence-corrected chi connectivity index (χ3v) is 6.35. The van der Waals surface area contributed by atoms with Crippen LogP contribution in [0.5, 0.6) is 0 Å². The summed E-state index contributed by atoms with van der Waals surface area (Å²) in [4.78, 5) is 16.5. The number of amides is 1. The average molecular weight is 329 g/mol. The van der Waals surface area contributed by atoms with Gasteiger partial charge >= 0.3 is 0 Å². The van der Waals surface area contributed by atoms with Gasteiger partial charge in [0.05, 0.1) is 5.56 Å². The first-order valence-corrected chi connectivity index (χ1v) is 9.48. The van der Waals surface area contributed by atoms with Crippen molar-refractivity contribution in [3.8, 4) is 0 Å². The molecule has 23 heavy (non-hydrogen) atoms. The molecule has 4 nitrogen and oxygen atoms in total. The molecular formula is C18H23N3OS. The lowest BCUT2D eigenvalue weighted by Gasteiger charge is -2.32. The van der Waals surface area contributed by atoms with Gasteiger partial charge in [0.15, 0.2) is 0 Å². The minimum absolute atomic E-state index is 0.237. The first-order chi connectivity index (χ1) is 11.2. The van der Waals surface area contributed by atoms with E-state index in [0.29, 0.717) is 5.92 Å². The number of nitrogens with zero attached hydrogens (tertiary/aromatic N) is 2. The van der Waals surface area contributed by atoms with E-state index >= 15 is 0 Å². The fourth-order valence-corrected chi connectivity index (χ4v) is 5.17. The Morgan fingerprint density at radius 2 is 2.35 bits per heavy atom. The quantitative estimate of drug-likeness (QED) is 0.915. The average Bonchev–Trinajstić information content (AvgIpc) is 3.23. The van der Waals surface area contributed by atoms with E-state index in [2.05, 4.69) is 27.4 Å². The molecule has 1 fully saturated rings. The highest BCUT2D eigenvalue weighted by molar-refractivity contribution is 7.10. The molecule has 0 radical (unpaired) electrons. The van der Waals surface area contributed by atoms with Gasteiger partial charge in [-0.2, -0.15) is 5.10 Å². The van der Waals surface area contributed by atoms with E-state index in [1.807, 2.05) is 6.07 Å². The van der Waals surface area contributed by atoms with Crippen molar-refractivity contribution in [2.45, 2.75) is 44.9 Å². The number of nitrogens with one attached hydrogen (secondary N) is 1. The number of hydrogen-bond acceptors (Lipinski definition) is 3. The van der Waals surface area contributed by atoms with Gasteiger partial charge in [0.25, 0.3) is 5.91 Å². The zero-order valence-electron chi connectivity index (χ0n) is 13.5. The second-order valence-corrected chi connectivity index (χ2v) is 7.97. The van der Waals surface area contributed by atoms with E-state index in [4.69, 9.17) is 0 Å². The smallest absolute Gasteiger partial charge is 0.255 e. The predicted octanol–water partition coefficient (Wildman–Crippen LogP) is 3.62. The van der Waals surface area contributed by atoms with Gasteiger partial charge in [-0.15, -0.1) is 11.3 Å². The number of hydrogen-bond donors (Lipinski definition) is 1. The molecule has 2 aliphatic rings. The minimum Gasteiger partial charge on any atom is -0.338 e. The van der Waals surface area contributed by atoms with Gasteiger partial charge in [-0.1, -0.05) is 6.92 Å². The molecule has 2 unspecified atom stereocenters. The second kappa shape index (κ2) is 6.11. The molecule has 3 heterocycles. The molecule has 1 N–H and O–H groups in total. The summed E-state index contributed by atoms with van der Waals surface area (Å²) in [7, 11) is 0. The maximum atomic E-state index is 13.0. The number of aromatic amines is 1. The number of piperidine rings is 1. The lowest BCUT2D eigenvalue weighted by atomic mass is 9.88. The van der Waals surface area contributed by atoms with E-state index in [9.17, 15) is 4.79 Å². The fourth-order valence-electron chi connectivity index (χ4n) is 3.94. The molecule has 0 aromatic carbocycles. The Morgan fingerprint density at radius 3 is 3.17 bits per heavy atom. The Labute approximate surface area is 140 Å². The normalized spacial score (nSPS) is 24.5. The van der Waals surface area contributed by atoms with Gasteiger partial charge in [0, 0.05) is 41.2 Å². The van der Waals surface area contributed by atoms with Crippen LogP contribution in [0.15, 0.2) is 17.6 Å². The number of rotatable bonds is 2. The molecule has 1 saturated heterocycles. The summed E-state index contributed by atoms with van der Waals surface area (Å²) in [5, 5.41) is 9.23. The molecule has 122 valence electrons. The van der Waals surface area contributed by atoms with Crippen LogP contribution in [0.25, 0.3) is 0 Å². The van der Waals surface area contributed by atoms with Crippen LogP contribution >= 0.6 is 11.3 Å². The van der Waals surface area contributed by atoms with E-state index in [1.54, 1.807) is 17.5 Å². The van der Waals surface area contributed by atoms with Crippen molar-refractivity contribution in [1.29, 1.82) is 0 Å². The molecule has 2 atom stereocenters. The molecule has 0 bridgehead atoms. The van der Waals surface area contributed by atoms with Gasteiger partial charge in [-0.05, 0) is 49.7 Å². The highest BCUT2D eigenvalue weighted by Crippen LogP contribution is 2.34. The van der Waals surface area contributed by atoms with Crippen LogP contribution in [0.3, 0.4) is 0 Å². The zero-order chi connectivity index (χ0) is 15.8. The second-order valence-electron chi connectivity index (χ2n) is 7.00. The van der Waals surface area contributed by atoms with Crippen LogP contribution < -0.4 is 0 Å². The highest BCUT2D eigenvalue weighted by atomic mass is 32.1. The van der Waals surface area contributed by atoms with Crippen LogP contribution in [-0.4, -0.2) is 34.1 Å². The summed E-state index contributed by atoms with van der Waals surface area (Å²) >= 11 is 1.78. The number of likely N-dealkylation sites (tertiary alicyclic amines) is 1. The Balaban J connectivity index is 1.53. The van der Waals surface area contributed by atoms with Gasteiger partial charge in [0.1, 0.15) is 0 Å². The summed E-state index contributed by atoms with van der Waals surface area (Å²) in [6.45, 7) is 4.00. The fraction of sp³-hybridized carbons (Fsp3) is 0.556. The molecule has 4 rings (SSSR count). The van der Waals surface area contributed by atoms with Gasteiger partial charge in [0.2, 0.25) is 0 Å². The van der Waals surface area contributed by atoms with Crippen LogP contribution in [-0.2, 0) is 12.8 Å². The third-order valence-electron chi connectivity index (χ3n) is 5.30. The van der Waals surface area contributed by atoms with Gasteiger partial charge < -0.3 is 4.90 Å². The maximum Gasteiger partial charge on any atom is 0.255 e. The van der Waals surface area contributed by atoms with Crippen LogP contribution in [0.1, 0.15) is 58.6 Å². The Morgan fingerprint density at radius 1 is 1.43 bits per heavy atom. The number of thiophene rings is 1. The molecule has 1 amide bonds. The number of H-pyrrole nitrogens is 1. The van der Waals surface area contributed by atoms with Crippen molar-refractivity contribution in [3.63, 3.8) is 0 Å². The van der Waals surface area contributed by atoms with E-state index in [1.165, 1.54) is 16.9 Å². The zero-order valence-corrected chi connectivity index (χ0v) is 14.4. The predicted molar refractivity (Wildman–Crippen MR) is 92.0 cm³/mol. The summed E-state index contributed by atoms with van der Waals surface area (Å²) in [6, 6.07) is 2.03. The first-order valence-electron chi connectivity index (χ1n) is 8.60. The molecular weight excluding hydrogens is 306 g/mol. The lowest BCUT2D eigenvalue weighted by molar-refractivity contribution is 0.0705. The summed E-state index contributed by atoms with van der Waals surface area (Å²) < 4.78 is 0. The Hall–Kier alpha value is -1.62. The molecule has 1 aliphatic heterocycles. The molecule has 0 spiro atoms. The molecule has 1 aliphatic carbocycles. The van der Waals surface area contributed by atoms with Crippen LogP contribution in [0, 0.1) is 5.92 Å². The van der Waals surface area contributed by atoms with Gasteiger partial charge in [-0.3, -0.25) is 9.89 Å². The number of fused-ring (bicyclic) bond motifs is 1. The molecule has 2 aromatic heterocycles. The maximum absolute atomic E-state index is 13.0. The Kier molecular flexibility index (Phi) is 3.97. The topological polar surface area (TPSA) is 49.0 Å². The van der Waals surface area contributed by atoms with Crippen molar-refractivity contribution in [1.82, 2.24) is 15.1 Å². The Bertz CT molecular complexity index is 691. The van der Waals surface area contributed by atoms with Crippen molar-refractivity contribution < 1.29 is 4.79 Å².